The first-order valence-electron chi connectivity index (χ1n) is 10.9. The first-order valence-corrected chi connectivity index (χ1v) is 11.3. The van der Waals surface area contributed by atoms with Crippen molar-refractivity contribution in [3.05, 3.63) is 76.9 Å². The van der Waals surface area contributed by atoms with E-state index in [0.717, 1.165) is 30.5 Å². The number of pyridine rings is 1. The highest BCUT2D eigenvalue weighted by Gasteiger charge is 2.33. The van der Waals surface area contributed by atoms with Crippen molar-refractivity contribution in [1.82, 2.24) is 4.98 Å². The van der Waals surface area contributed by atoms with Gasteiger partial charge in [-0.05, 0) is 61.2 Å². The summed E-state index contributed by atoms with van der Waals surface area (Å²) < 4.78 is 44.9. The second-order valence-corrected chi connectivity index (χ2v) is 8.54. The Bertz CT molecular complexity index is 1250. The Kier molecular flexibility index (Phi) is 7.25. The lowest BCUT2D eigenvalue weighted by molar-refractivity contribution is -0.137. The molecule has 35 heavy (non-hydrogen) atoms. The van der Waals surface area contributed by atoms with Crippen LogP contribution in [0, 0.1) is 5.92 Å². The molecule has 4 rings (SSSR count). The number of halogens is 4. The maximum absolute atomic E-state index is 13.0. The average molecular weight is 504 g/mol. The van der Waals surface area contributed by atoms with Gasteiger partial charge in [-0.2, -0.15) is 13.2 Å². The number of aromatic nitrogens is 1. The molecule has 1 saturated carbocycles. The van der Waals surface area contributed by atoms with Crippen molar-refractivity contribution in [1.29, 1.82) is 0 Å². The molecule has 2 amide bonds. The molecule has 1 aliphatic rings. The predicted molar refractivity (Wildman–Crippen MR) is 126 cm³/mol. The van der Waals surface area contributed by atoms with Crippen molar-refractivity contribution >= 4 is 34.9 Å². The lowest BCUT2D eigenvalue weighted by Crippen LogP contribution is -2.14. The second-order valence-electron chi connectivity index (χ2n) is 8.13. The molecule has 0 bridgehead atoms. The summed E-state index contributed by atoms with van der Waals surface area (Å²) >= 11 is 5.61. The molecular weight excluding hydrogens is 483 g/mol. The van der Waals surface area contributed by atoms with Crippen LogP contribution in [0.1, 0.15) is 30.4 Å². The van der Waals surface area contributed by atoms with Gasteiger partial charge in [0.1, 0.15) is 17.3 Å². The van der Waals surface area contributed by atoms with Gasteiger partial charge in [-0.25, -0.2) is 4.98 Å². The fourth-order valence-electron chi connectivity index (χ4n) is 3.32. The summed E-state index contributed by atoms with van der Waals surface area (Å²) in [6.07, 6.45) is -0.895. The van der Waals surface area contributed by atoms with E-state index in [1.54, 1.807) is 30.3 Å². The van der Waals surface area contributed by atoms with Crippen LogP contribution in [-0.4, -0.2) is 16.8 Å². The van der Waals surface area contributed by atoms with Gasteiger partial charge < -0.3 is 15.4 Å². The van der Waals surface area contributed by atoms with E-state index in [-0.39, 0.29) is 23.9 Å². The summed E-state index contributed by atoms with van der Waals surface area (Å²) in [4.78, 5) is 28.3. The van der Waals surface area contributed by atoms with Crippen molar-refractivity contribution < 1.29 is 27.5 Å². The van der Waals surface area contributed by atoms with E-state index in [9.17, 15) is 22.8 Å². The van der Waals surface area contributed by atoms with Gasteiger partial charge in [0.25, 0.3) is 0 Å². The molecule has 2 aromatic carbocycles. The van der Waals surface area contributed by atoms with Crippen LogP contribution in [0.15, 0.2) is 60.8 Å². The van der Waals surface area contributed by atoms with Crippen LogP contribution in [0.4, 0.5) is 24.7 Å². The van der Waals surface area contributed by atoms with E-state index >= 15 is 0 Å². The smallest absolute Gasteiger partial charge is 0.417 e. The largest absolute Gasteiger partial charge is 0.457 e. The third-order valence-corrected chi connectivity index (χ3v) is 5.59. The SMILES string of the molecule is O=C(CCc1cccc(Oc2ccnc(NC(=O)C3CC3)c2)c1)Nc1ccc(Cl)c(C(F)(F)F)c1. The van der Waals surface area contributed by atoms with Crippen molar-refractivity contribution in [3.8, 4) is 11.5 Å². The zero-order valence-corrected chi connectivity index (χ0v) is 19.1. The Balaban J connectivity index is 1.33. The molecule has 0 spiro atoms. The van der Waals surface area contributed by atoms with Gasteiger partial charge in [0.05, 0.1) is 10.6 Å². The maximum atomic E-state index is 13.0. The first-order chi connectivity index (χ1) is 16.7. The number of ether oxygens (including phenoxy) is 1. The molecule has 1 fully saturated rings. The van der Waals surface area contributed by atoms with E-state index < -0.39 is 22.7 Å². The summed E-state index contributed by atoms with van der Waals surface area (Å²) in [5.74, 6) is 0.996. The molecule has 3 aromatic rings. The molecule has 182 valence electrons. The summed E-state index contributed by atoms with van der Waals surface area (Å²) in [5.41, 5.74) is -0.180. The fraction of sp³-hybridized carbons (Fsp3) is 0.240. The van der Waals surface area contributed by atoms with E-state index in [4.69, 9.17) is 16.3 Å². The normalized spacial score (nSPS) is 13.3. The number of benzene rings is 2. The Morgan fingerprint density at radius 3 is 2.54 bits per heavy atom. The van der Waals surface area contributed by atoms with Crippen molar-refractivity contribution in [2.45, 2.75) is 31.9 Å². The Morgan fingerprint density at radius 2 is 1.80 bits per heavy atom. The molecule has 1 aliphatic carbocycles. The minimum Gasteiger partial charge on any atom is -0.457 e. The molecule has 0 radical (unpaired) electrons. The van der Waals surface area contributed by atoms with E-state index in [1.807, 2.05) is 6.07 Å². The quantitative estimate of drug-likeness (QED) is 0.369. The maximum Gasteiger partial charge on any atom is 0.417 e. The number of alkyl halides is 3. The van der Waals surface area contributed by atoms with E-state index in [0.29, 0.717) is 23.7 Å². The highest BCUT2D eigenvalue weighted by atomic mass is 35.5. The molecule has 1 heterocycles. The molecule has 10 heteroatoms. The van der Waals surface area contributed by atoms with Crippen molar-refractivity contribution in [2.24, 2.45) is 5.92 Å². The number of nitrogens with one attached hydrogen (secondary N) is 2. The van der Waals surface area contributed by atoms with Crippen LogP contribution in [0.5, 0.6) is 11.5 Å². The van der Waals surface area contributed by atoms with Gasteiger partial charge in [0.2, 0.25) is 11.8 Å². The number of anilines is 2. The highest BCUT2D eigenvalue weighted by molar-refractivity contribution is 6.31. The average Bonchev–Trinajstić information content (AvgIpc) is 3.64. The minimum absolute atomic E-state index is 0.0195. The number of carbonyl (C=O) groups is 2. The van der Waals surface area contributed by atoms with Crippen LogP contribution in [0.2, 0.25) is 5.02 Å². The fourth-order valence-corrected chi connectivity index (χ4v) is 3.54. The summed E-state index contributed by atoms with van der Waals surface area (Å²) in [5, 5.41) is 4.80. The van der Waals surface area contributed by atoms with Crippen molar-refractivity contribution in [2.75, 3.05) is 10.6 Å². The van der Waals surface area contributed by atoms with Gasteiger partial charge in [-0.1, -0.05) is 23.7 Å². The minimum atomic E-state index is -4.61. The van der Waals surface area contributed by atoms with Crippen LogP contribution in [0.3, 0.4) is 0 Å². The molecular formula is C25H21ClF3N3O3. The number of aryl methyl sites for hydroxylation is 1. The van der Waals surface area contributed by atoms with E-state index in [1.165, 1.54) is 12.3 Å². The second kappa shape index (κ2) is 10.4. The third-order valence-electron chi connectivity index (χ3n) is 5.26. The number of rotatable bonds is 8. The van der Waals surface area contributed by atoms with Gasteiger partial charge in [0, 0.05) is 30.3 Å². The zero-order valence-electron chi connectivity index (χ0n) is 18.4. The van der Waals surface area contributed by atoms with E-state index in [2.05, 4.69) is 15.6 Å². The number of hydrogen-bond acceptors (Lipinski definition) is 4. The highest BCUT2D eigenvalue weighted by Crippen LogP contribution is 2.36. The standard InChI is InChI=1S/C25H21ClF3N3O3/c26-21-8-7-17(13-20(21)25(27,28)29)31-23(33)9-4-15-2-1-3-18(12-15)35-19-10-11-30-22(14-19)32-24(34)16-5-6-16/h1-3,7-8,10-14,16H,4-6,9H2,(H,31,33)(H,30,32,34). The lowest BCUT2D eigenvalue weighted by atomic mass is 10.1. The zero-order chi connectivity index (χ0) is 25.0. The first kappa shape index (κ1) is 24.5. The summed E-state index contributed by atoms with van der Waals surface area (Å²) in [6.45, 7) is 0. The number of amides is 2. The van der Waals surface area contributed by atoms with Gasteiger partial charge in [-0.15, -0.1) is 0 Å². The number of carbonyl (C=O) groups excluding carboxylic acids is 2. The van der Waals surface area contributed by atoms with Crippen molar-refractivity contribution in [3.63, 3.8) is 0 Å². The molecule has 0 atom stereocenters. The lowest BCUT2D eigenvalue weighted by Gasteiger charge is -2.12. The third kappa shape index (κ3) is 6.95. The van der Waals surface area contributed by atoms with Gasteiger partial charge in [-0.3, -0.25) is 9.59 Å². The molecule has 0 aliphatic heterocycles. The van der Waals surface area contributed by atoms with Crippen LogP contribution in [-0.2, 0) is 22.2 Å². The monoisotopic (exact) mass is 503 g/mol. The Labute approximate surface area is 204 Å². The van der Waals surface area contributed by atoms with Crippen LogP contribution in [0.25, 0.3) is 0 Å². The molecule has 6 nitrogen and oxygen atoms in total. The van der Waals surface area contributed by atoms with Crippen LogP contribution < -0.4 is 15.4 Å². The number of nitrogens with zero attached hydrogens (tertiary/aromatic N) is 1. The molecule has 2 N–H and O–H groups in total. The number of hydrogen-bond donors (Lipinski definition) is 2. The summed E-state index contributed by atoms with van der Waals surface area (Å²) in [6, 6.07) is 13.6. The molecule has 0 unspecified atom stereocenters. The summed E-state index contributed by atoms with van der Waals surface area (Å²) in [7, 11) is 0. The van der Waals surface area contributed by atoms with Gasteiger partial charge in [0.15, 0.2) is 0 Å². The van der Waals surface area contributed by atoms with Gasteiger partial charge >= 0.3 is 6.18 Å². The Hall–Kier alpha value is -3.59. The Morgan fingerprint density at radius 1 is 1.03 bits per heavy atom. The topological polar surface area (TPSA) is 80.3 Å². The van der Waals surface area contributed by atoms with Crippen LogP contribution >= 0.6 is 11.6 Å². The predicted octanol–water partition coefficient (Wildman–Crippen LogP) is 6.47. The molecule has 0 saturated heterocycles. The molecule has 1 aromatic heterocycles.